The largest absolute Gasteiger partial charge is 0.497 e. The Morgan fingerprint density at radius 3 is 2.40 bits per heavy atom. The van der Waals surface area contributed by atoms with E-state index >= 15 is 0 Å². The summed E-state index contributed by atoms with van der Waals surface area (Å²) in [4.78, 5) is 1.69. The number of anilines is 1. The number of rotatable bonds is 2. The SMILES string of the molecule is COc1ccc(N2CCC(F)(F)C2)cc1. The molecule has 1 aromatic rings. The van der Waals surface area contributed by atoms with Gasteiger partial charge in [-0.25, -0.2) is 8.78 Å². The van der Waals surface area contributed by atoms with E-state index in [0.29, 0.717) is 6.54 Å². The van der Waals surface area contributed by atoms with Crippen LogP contribution >= 0.6 is 0 Å². The Kier molecular flexibility index (Phi) is 2.50. The van der Waals surface area contributed by atoms with E-state index in [1.807, 2.05) is 0 Å². The van der Waals surface area contributed by atoms with Gasteiger partial charge in [0.15, 0.2) is 0 Å². The molecular weight excluding hydrogens is 200 g/mol. The number of ether oxygens (including phenoxy) is 1. The number of hydrogen-bond acceptors (Lipinski definition) is 2. The molecule has 0 atom stereocenters. The molecule has 82 valence electrons. The van der Waals surface area contributed by atoms with Crippen LogP contribution in [0, 0.1) is 0 Å². The molecule has 0 spiro atoms. The van der Waals surface area contributed by atoms with Crippen molar-refractivity contribution < 1.29 is 13.5 Å². The number of benzene rings is 1. The van der Waals surface area contributed by atoms with E-state index in [1.54, 1.807) is 36.3 Å². The second-order valence-corrected chi connectivity index (χ2v) is 3.73. The number of hydrogen-bond donors (Lipinski definition) is 0. The number of alkyl halides is 2. The van der Waals surface area contributed by atoms with Gasteiger partial charge in [-0.3, -0.25) is 0 Å². The molecule has 2 nitrogen and oxygen atoms in total. The first-order valence-corrected chi connectivity index (χ1v) is 4.87. The first-order valence-electron chi connectivity index (χ1n) is 4.87. The van der Waals surface area contributed by atoms with Crippen molar-refractivity contribution in [1.82, 2.24) is 0 Å². The smallest absolute Gasteiger partial charge is 0.266 e. The second-order valence-electron chi connectivity index (χ2n) is 3.73. The lowest BCUT2D eigenvalue weighted by Crippen LogP contribution is -2.24. The van der Waals surface area contributed by atoms with Crippen molar-refractivity contribution in [3.05, 3.63) is 24.3 Å². The van der Waals surface area contributed by atoms with Gasteiger partial charge in [0.25, 0.3) is 5.92 Å². The van der Waals surface area contributed by atoms with Crippen LogP contribution in [0.25, 0.3) is 0 Å². The summed E-state index contributed by atoms with van der Waals surface area (Å²) in [7, 11) is 1.58. The lowest BCUT2D eigenvalue weighted by molar-refractivity contribution is 0.0257. The van der Waals surface area contributed by atoms with Crippen molar-refractivity contribution in [3.8, 4) is 5.75 Å². The van der Waals surface area contributed by atoms with Gasteiger partial charge in [0.2, 0.25) is 0 Å². The predicted molar refractivity (Wildman–Crippen MR) is 54.8 cm³/mol. The lowest BCUT2D eigenvalue weighted by atomic mass is 10.3. The summed E-state index contributed by atoms with van der Waals surface area (Å²) in [5.74, 6) is -1.80. The first kappa shape index (κ1) is 10.2. The molecular formula is C11H13F2NO. The van der Waals surface area contributed by atoms with Crippen LogP contribution in [0.3, 0.4) is 0 Å². The predicted octanol–water partition coefficient (Wildman–Crippen LogP) is 2.54. The lowest BCUT2D eigenvalue weighted by Gasteiger charge is -2.18. The zero-order chi connectivity index (χ0) is 10.9. The standard InChI is InChI=1S/C11H13F2NO/c1-15-10-4-2-9(3-5-10)14-7-6-11(12,13)8-14/h2-5H,6-8H2,1H3. The number of nitrogens with zero attached hydrogens (tertiary/aromatic N) is 1. The van der Waals surface area contributed by atoms with Crippen LogP contribution in [-0.2, 0) is 0 Å². The topological polar surface area (TPSA) is 12.5 Å². The van der Waals surface area contributed by atoms with E-state index in [1.165, 1.54) is 0 Å². The van der Waals surface area contributed by atoms with E-state index in [-0.39, 0.29) is 13.0 Å². The molecule has 0 bridgehead atoms. The molecule has 0 saturated carbocycles. The highest BCUT2D eigenvalue weighted by molar-refractivity contribution is 5.50. The normalized spacial score (nSPS) is 19.3. The Bertz CT molecular complexity index is 337. The molecule has 1 aromatic carbocycles. The molecule has 0 amide bonds. The Labute approximate surface area is 87.5 Å². The van der Waals surface area contributed by atoms with Gasteiger partial charge in [0.1, 0.15) is 5.75 Å². The average molecular weight is 213 g/mol. The quantitative estimate of drug-likeness (QED) is 0.748. The van der Waals surface area contributed by atoms with Gasteiger partial charge in [-0.15, -0.1) is 0 Å². The van der Waals surface area contributed by atoms with Gasteiger partial charge in [0.05, 0.1) is 13.7 Å². The van der Waals surface area contributed by atoms with Crippen LogP contribution in [0.1, 0.15) is 6.42 Å². The molecule has 0 aliphatic carbocycles. The van der Waals surface area contributed by atoms with Crippen LogP contribution < -0.4 is 9.64 Å². The van der Waals surface area contributed by atoms with Gasteiger partial charge in [0, 0.05) is 18.7 Å². The first-order chi connectivity index (χ1) is 7.11. The van der Waals surface area contributed by atoms with Crippen LogP contribution in [0.4, 0.5) is 14.5 Å². The van der Waals surface area contributed by atoms with Crippen molar-refractivity contribution >= 4 is 5.69 Å². The molecule has 1 aliphatic rings. The summed E-state index contributed by atoms with van der Waals surface area (Å²) in [6.45, 7) is 0.235. The van der Waals surface area contributed by atoms with Crippen LogP contribution in [0.5, 0.6) is 5.75 Å². The second kappa shape index (κ2) is 3.68. The fourth-order valence-electron chi connectivity index (χ4n) is 1.75. The summed E-state index contributed by atoms with van der Waals surface area (Å²) in [5, 5.41) is 0. The number of methoxy groups -OCH3 is 1. The van der Waals surface area contributed by atoms with Gasteiger partial charge < -0.3 is 9.64 Å². The third-order valence-corrected chi connectivity index (χ3v) is 2.61. The Morgan fingerprint density at radius 2 is 1.93 bits per heavy atom. The van der Waals surface area contributed by atoms with Crippen molar-refractivity contribution in [2.45, 2.75) is 12.3 Å². The Balaban J connectivity index is 2.11. The maximum absolute atomic E-state index is 13.0. The summed E-state index contributed by atoms with van der Waals surface area (Å²) in [6.07, 6.45) is -0.0565. The van der Waals surface area contributed by atoms with Crippen molar-refractivity contribution in [3.63, 3.8) is 0 Å². The summed E-state index contributed by atoms with van der Waals surface area (Å²) in [6, 6.07) is 7.18. The molecule has 0 radical (unpaired) electrons. The van der Waals surface area contributed by atoms with Crippen LogP contribution in [0.2, 0.25) is 0 Å². The fourth-order valence-corrected chi connectivity index (χ4v) is 1.75. The summed E-state index contributed by atoms with van der Waals surface area (Å²) < 4.78 is 30.9. The maximum Gasteiger partial charge on any atom is 0.266 e. The van der Waals surface area contributed by atoms with E-state index < -0.39 is 5.92 Å². The maximum atomic E-state index is 13.0. The molecule has 4 heteroatoms. The average Bonchev–Trinajstić information content (AvgIpc) is 2.59. The van der Waals surface area contributed by atoms with E-state index in [0.717, 1.165) is 11.4 Å². The monoisotopic (exact) mass is 213 g/mol. The van der Waals surface area contributed by atoms with Crippen molar-refractivity contribution in [1.29, 1.82) is 0 Å². The van der Waals surface area contributed by atoms with Gasteiger partial charge in [-0.2, -0.15) is 0 Å². The highest BCUT2D eigenvalue weighted by atomic mass is 19.3. The third-order valence-electron chi connectivity index (χ3n) is 2.61. The van der Waals surface area contributed by atoms with E-state index in [2.05, 4.69) is 0 Å². The Hall–Kier alpha value is -1.32. The fraction of sp³-hybridized carbons (Fsp3) is 0.455. The minimum atomic E-state index is -2.54. The highest BCUT2D eigenvalue weighted by Gasteiger charge is 2.38. The minimum absolute atomic E-state index is 0.0565. The molecule has 1 heterocycles. The molecule has 1 saturated heterocycles. The van der Waals surface area contributed by atoms with Crippen molar-refractivity contribution in [2.24, 2.45) is 0 Å². The third kappa shape index (κ3) is 2.19. The van der Waals surface area contributed by atoms with Gasteiger partial charge in [-0.05, 0) is 24.3 Å². The van der Waals surface area contributed by atoms with Crippen molar-refractivity contribution in [2.75, 3.05) is 25.1 Å². The zero-order valence-corrected chi connectivity index (χ0v) is 8.54. The molecule has 1 aliphatic heterocycles. The zero-order valence-electron chi connectivity index (χ0n) is 8.54. The van der Waals surface area contributed by atoms with E-state index in [4.69, 9.17) is 4.74 Å². The molecule has 0 unspecified atom stereocenters. The van der Waals surface area contributed by atoms with Crippen LogP contribution in [0.15, 0.2) is 24.3 Å². The minimum Gasteiger partial charge on any atom is -0.497 e. The highest BCUT2D eigenvalue weighted by Crippen LogP contribution is 2.31. The Morgan fingerprint density at radius 1 is 1.27 bits per heavy atom. The van der Waals surface area contributed by atoms with Crippen LogP contribution in [-0.4, -0.2) is 26.1 Å². The molecule has 0 N–H and O–H groups in total. The van der Waals surface area contributed by atoms with Gasteiger partial charge in [-0.1, -0.05) is 0 Å². The molecule has 1 fully saturated rings. The van der Waals surface area contributed by atoms with Gasteiger partial charge >= 0.3 is 0 Å². The molecule has 15 heavy (non-hydrogen) atoms. The summed E-state index contributed by atoms with van der Waals surface area (Å²) >= 11 is 0. The molecule has 0 aromatic heterocycles. The molecule has 2 rings (SSSR count). The number of halogens is 2. The van der Waals surface area contributed by atoms with E-state index in [9.17, 15) is 8.78 Å². The summed E-state index contributed by atoms with van der Waals surface area (Å²) in [5.41, 5.74) is 0.827.